The van der Waals surface area contributed by atoms with Crippen LogP contribution in [0.2, 0.25) is 0 Å². The van der Waals surface area contributed by atoms with Gasteiger partial charge in [0.15, 0.2) is 0 Å². The van der Waals surface area contributed by atoms with Gasteiger partial charge >= 0.3 is 5.97 Å². The van der Waals surface area contributed by atoms with Gasteiger partial charge in [0.2, 0.25) is 0 Å². The summed E-state index contributed by atoms with van der Waals surface area (Å²) in [5, 5.41) is 11.9. The molecule has 108 valence electrons. The molecule has 1 atom stereocenters. The fourth-order valence-electron chi connectivity index (χ4n) is 1.87. The van der Waals surface area contributed by atoms with Gasteiger partial charge in [-0.2, -0.15) is 0 Å². The van der Waals surface area contributed by atoms with Crippen molar-refractivity contribution in [3.63, 3.8) is 0 Å². The Labute approximate surface area is 130 Å². The highest BCUT2D eigenvalue weighted by atomic mass is 79.9. The van der Waals surface area contributed by atoms with Crippen LogP contribution in [-0.4, -0.2) is 28.5 Å². The number of pyridine rings is 1. The van der Waals surface area contributed by atoms with Crippen LogP contribution in [0.1, 0.15) is 21.8 Å². The van der Waals surface area contributed by atoms with E-state index >= 15 is 0 Å². The normalized spacial score (nSPS) is 11.7. The van der Waals surface area contributed by atoms with Gasteiger partial charge in [0.05, 0.1) is 5.92 Å². The van der Waals surface area contributed by atoms with Crippen LogP contribution in [0.4, 0.5) is 0 Å². The van der Waals surface area contributed by atoms with Crippen molar-refractivity contribution in [3.8, 4) is 0 Å². The molecule has 0 radical (unpaired) electrons. The average Bonchev–Trinajstić information content (AvgIpc) is 2.48. The number of benzene rings is 1. The lowest BCUT2D eigenvalue weighted by molar-refractivity contribution is -0.138. The number of carbonyl (C=O) groups is 2. The fourth-order valence-corrected chi connectivity index (χ4v) is 2.24. The van der Waals surface area contributed by atoms with E-state index < -0.39 is 11.9 Å². The number of aliphatic carboxylic acids is 1. The second-order valence-corrected chi connectivity index (χ2v) is 5.19. The molecule has 6 heteroatoms. The van der Waals surface area contributed by atoms with Crippen LogP contribution in [0.25, 0.3) is 0 Å². The molecular weight excluding hydrogens is 336 g/mol. The van der Waals surface area contributed by atoms with Gasteiger partial charge in [0, 0.05) is 18.3 Å². The first-order chi connectivity index (χ1) is 10.1. The van der Waals surface area contributed by atoms with E-state index in [0.29, 0.717) is 15.7 Å². The Morgan fingerprint density at radius 2 is 1.95 bits per heavy atom. The van der Waals surface area contributed by atoms with Crippen LogP contribution < -0.4 is 5.32 Å². The first kappa shape index (κ1) is 15.2. The maximum absolute atomic E-state index is 12.0. The number of rotatable bonds is 5. The number of aromatic nitrogens is 1. The minimum atomic E-state index is -0.975. The summed E-state index contributed by atoms with van der Waals surface area (Å²) in [6, 6.07) is 12.0. The van der Waals surface area contributed by atoms with Gasteiger partial charge in [-0.05, 0) is 33.6 Å². The lowest BCUT2D eigenvalue weighted by Gasteiger charge is -2.13. The first-order valence-corrected chi connectivity index (χ1v) is 7.04. The average molecular weight is 349 g/mol. The van der Waals surface area contributed by atoms with E-state index in [2.05, 4.69) is 26.2 Å². The van der Waals surface area contributed by atoms with E-state index in [9.17, 15) is 14.7 Å². The third kappa shape index (κ3) is 4.13. The summed E-state index contributed by atoms with van der Waals surface area (Å²) in [6.07, 6.45) is 1.50. The smallest absolute Gasteiger partial charge is 0.312 e. The highest BCUT2D eigenvalue weighted by molar-refractivity contribution is 9.10. The van der Waals surface area contributed by atoms with E-state index in [1.807, 2.05) is 6.07 Å². The monoisotopic (exact) mass is 348 g/mol. The molecule has 0 aliphatic heterocycles. The molecule has 0 saturated carbocycles. The summed E-state index contributed by atoms with van der Waals surface area (Å²) in [4.78, 5) is 27.3. The van der Waals surface area contributed by atoms with Crippen molar-refractivity contribution in [2.45, 2.75) is 5.92 Å². The lowest BCUT2D eigenvalue weighted by Crippen LogP contribution is -2.31. The summed E-state index contributed by atoms with van der Waals surface area (Å²) in [5.41, 5.74) is 1.08. The molecule has 0 aliphatic carbocycles. The number of hydrogen-bond donors (Lipinski definition) is 2. The van der Waals surface area contributed by atoms with Crippen molar-refractivity contribution in [1.29, 1.82) is 0 Å². The highest BCUT2D eigenvalue weighted by Gasteiger charge is 2.20. The second-order valence-electron chi connectivity index (χ2n) is 4.38. The molecule has 0 fully saturated rings. The number of halogens is 1. The highest BCUT2D eigenvalue weighted by Crippen LogP contribution is 2.15. The molecule has 0 aliphatic rings. The zero-order valence-corrected chi connectivity index (χ0v) is 12.6. The SMILES string of the molecule is O=C(NCC(C(=O)O)c1ccccc1)c1ccnc(Br)c1. The third-order valence-electron chi connectivity index (χ3n) is 2.96. The molecule has 0 spiro atoms. The molecule has 0 saturated heterocycles. The van der Waals surface area contributed by atoms with Gasteiger partial charge < -0.3 is 10.4 Å². The van der Waals surface area contributed by atoms with Gasteiger partial charge in [-0.1, -0.05) is 30.3 Å². The molecule has 5 nitrogen and oxygen atoms in total. The van der Waals surface area contributed by atoms with E-state index in [1.54, 1.807) is 36.4 Å². The number of nitrogens with one attached hydrogen (secondary N) is 1. The van der Waals surface area contributed by atoms with Crippen LogP contribution in [0, 0.1) is 0 Å². The van der Waals surface area contributed by atoms with Crippen molar-refractivity contribution in [2.75, 3.05) is 6.54 Å². The molecule has 21 heavy (non-hydrogen) atoms. The van der Waals surface area contributed by atoms with Crippen molar-refractivity contribution < 1.29 is 14.7 Å². The summed E-state index contributed by atoms with van der Waals surface area (Å²) in [5.74, 6) is -2.09. The van der Waals surface area contributed by atoms with E-state index in [-0.39, 0.29) is 12.5 Å². The lowest BCUT2D eigenvalue weighted by atomic mass is 9.99. The predicted molar refractivity (Wildman–Crippen MR) is 81.1 cm³/mol. The molecule has 1 unspecified atom stereocenters. The zero-order valence-electron chi connectivity index (χ0n) is 11.0. The van der Waals surface area contributed by atoms with Crippen molar-refractivity contribution in [3.05, 3.63) is 64.4 Å². The third-order valence-corrected chi connectivity index (χ3v) is 3.39. The van der Waals surface area contributed by atoms with Crippen LogP contribution in [0.3, 0.4) is 0 Å². The minimum absolute atomic E-state index is 0.0259. The number of hydrogen-bond acceptors (Lipinski definition) is 3. The Morgan fingerprint density at radius 3 is 2.57 bits per heavy atom. The summed E-state index contributed by atoms with van der Waals surface area (Å²) in [7, 11) is 0. The Hall–Kier alpha value is -2.21. The number of carboxylic acids is 1. The van der Waals surface area contributed by atoms with Gasteiger partial charge in [-0.15, -0.1) is 0 Å². The van der Waals surface area contributed by atoms with Crippen molar-refractivity contribution in [2.24, 2.45) is 0 Å². The summed E-state index contributed by atoms with van der Waals surface area (Å²) < 4.78 is 0.549. The first-order valence-electron chi connectivity index (χ1n) is 6.25. The predicted octanol–water partition coefficient (Wildman–Crippen LogP) is 2.44. The largest absolute Gasteiger partial charge is 0.481 e. The van der Waals surface area contributed by atoms with Gasteiger partial charge in [-0.3, -0.25) is 9.59 Å². The standard InChI is InChI=1S/C15H13BrN2O3/c16-13-8-11(6-7-17-13)14(19)18-9-12(15(20)21)10-4-2-1-3-5-10/h1-8,12H,9H2,(H,18,19)(H,20,21). The Bertz CT molecular complexity index is 646. The maximum atomic E-state index is 12.0. The Balaban J connectivity index is 2.06. The quantitative estimate of drug-likeness (QED) is 0.813. The molecule has 1 heterocycles. The molecule has 1 aromatic heterocycles. The molecule has 0 bridgehead atoms. The number of carbonyl (C=O) groups excluding carboxylic acids is 1. The van der Waals surface area contributed by atoms with Crippen LogP contribution in [0.5, 0.6) is 0 Å². The Kier molecular flexibility index (Phi) is 5.05. The molecule has 2 rings (SSSR count). The van der Waals surface area contributed by atoms with E-state index in [1.165, 1.54) is 6.20 Å². The number of nitrogens with zero attached hydrogens (tertiary/aromatic N) is 1. The number of amides is 1. The van der Waals surface area contributed by atoms with Crippen LogP contribution in [0.15, 0.2) is 53.3 Å². The van der Waals surface area contributed by atoms with Gasteiger partial charge in [0.25, 0.3) is 5.91 Å². The second kappa shape index (κ2) is 6.99. The van der Waals surface area contributed by atoms with Crippen LogP contribution in [-0.2, 0) is 4.79 Å². The van der Waals surface area contributed by atoms with E-state index in [0.717, 1.165) is 0 Å². The van der Waals surface area contributed by atoms with E-state index in [4.69, 9.17) is 0 Å². The minimum Gasteiger partial charge on any atom is -0.481 e. The zero-order chi connectivity index (χ0) is 15.2. The fraction of sp³-hybridized carbons (Fsp3) is 0.133. The van der Waals surface area contributed by atoms with Crippen LogP contribution >= 0.6 is 15.9 Å². The van der Waals surface area contributed by atoms with Crippen molar-refractivity contribution >= 4 is 27.8 Å². The van der Waals surface area contributed by atoms with Gasteiger partial charge in [-0.25, -0.2) is 4.98 Å². The summed E-state index contributed by atoms with van der Waals surface area (Å²) in [6.45, 7) is 0.0259. The molecule has 1 amide bonds. The Morgan fingerprint density at radius 1 is 1.24 bits per heavy atom. The van der Waals surface area contributed by atoms with Gasteiger partial charge in [0.1, 0.15) is 4.60 Å². The molecule has 2 aromatic rings. The molecular formula is C15H13BrN2O3. The summed E-state index contributed by atoms with van der Waals surface area (Å²) >= 11 is 3.19. The van der Waals surface area contributed by atoms with Crippen molar-refractivity contribution in [1.82, 2.24) is 10.3 Å². The molecule has 1 aromatic carbocycles. The topological polar surface area (TPSA) is 79.3 Å². The number of carboxylic acid groups (broad SMARTS) is 1. The molecule has 2 N–H and O–H groups in total. The maximum Gasteiger partial charge on any atom is 0.312 e.